The van der Waals surface area contributed by atoms with E-state index >= 15 is 0 Å². The highest BCUT2D eigenvalue weighted by atomic mass is 16.7. The van der Waals surface area contributed by atoms with E-state index in [1.165, 1.54) is 12.3 Å². The van der Waals surface area contributed by atoms with Crippen molar-refractivity contribution in [3.05, 3.63) is 71.0 Å². The van der Waals surface area contributed by atoms with E-state index in [2.05, 4.69) is 10.3 Å². The third-order valence-electron chi connectivity index (χ3n) is 5.60. The van der Waals surface area contributed by atoms with Crippen LogP contribution in [0.15, 0.2) is 54.1 Å². The van der Waals surface area contributed by atoms with Crippen LogP contribution >= 0.6 is 0 Å². The molecule has 1 aromatic heterocycles. The van der Waals surface area contributed by atoms with Crippen molar-refractivity contribution in [3.63, 3.8) is 0 Å². The molecule has 32 heavy (non-hydrogen) atoms. The van der Waals surface area contributed by atoms with Gasteiger partial charge in [-0.3, -0.25) is 4.98 Å². The smallest absolute Gasteiger partial charge is 0.478 e. The summed E-state index contributed by atoms with van der Waals surface area (Å²) < 4.78 is 17.5. The average Bonchev–Trinajstić information content (AvgIpc) is 2.97. The van der Waals surface area contributed by atoms with Gasteiger partial charge in [-0.05, 0) is 56.9 Å². The van der Waals surface area contributed by atoms with E-state index in [0.717, 1.165) is 5.56 Å². The third-order valence-corrected chi connectivity index (χ3v) is 5.60. The molecule has 1 aliphatic rings. The van der Waals surface area contributed by atoms with Crippen molar-refractivity contribution in [2.45, 2.75) is 45.5 Å². The van der Waals surface area contributed by atoms with E-state index < -0.39 is 30.4 Å². The topological polar surface area (TPSA) is 107 Å². The van der Waals surface area contributed by atoms with E-state index in [-0.39, 0.29) is 24.4 Å². The first kappa shape index (κ1) is 23.5. The third kappa shape index (κ3) is 5.54. The highest BCUT2D eigenvalue weighted by molar-refractivity contribution is 6.56. The number of hydrogen-bond acceptors (Lipinski definition) is 6. The summed E-state index contributed by atoms with van der Waals surface area (Å²) in [4.78, 5) is 28.0. The summed E-state index contributed by atoms with van der Waals surface area (Å²) >= 11 is 0. The molecule has 1 aromatic carbocycles. The molecule has 1 fully saturated rings. The average molecular weight is 438 g/mol. The van der Waals surface area contributed by atoms with Gasteiger partial charge in [0, 0.05) is 12.7 Å². The molecule has 3 rings (SSSR count). The number of alkyl carbamates (subject to hydrolysis) is 1. The summed E-state index contributed by atoms with van der Waals surface area (Å²) in [5, 5.41) is 12.2. The van der Waals surface area contributed by atoms with Crippen molar-refractivity contribution in [3.8, 4) is 0 Å². The molecular weight excluding hydrogens is 411 g/mol. The zero-order valence-electron chi connectivity index (χ0n) is 18.6. The summed E-state index contributed by atoms with van der Waals surface area (Å²) in [7, 11) is -0.793. The zero-order valence-corrected chi connectivity index (χ0v) is 18.6. The second-order valence-corrected chi connectivity index (χ2v) is 8.46. The highest BCUT2D eigenvalue weighted by Gasteiger charge is 2.52. The van der Waals surface area contributed by atoms with E-state index in [9.17, 15) is 14.7 Å². The number of carbonyl (C=O) groups is 2. The largest absolute Gasteiger partial charge is 0.492 e. The van der Waals surface area contributed by atoms with Crippen LogP contribution < -0.4 is 5.32 Å². The minimum Gasteiger partial charge on any atom is -0.478 e. The van der Waals surface area contributed by atoms with Gasteiger partial charge in [-0.25, -0.2) is 9.59 Å². The Hall–Kier alpha value is -3.17. The number of amides is 1. The monoisotopic (exact) mass is 438 g/mol. The van der Waals surface area contributed by atoms with Crippen molar-refractivity contribution in [2.75, 3.05) is 6.54 Å². The molecule has 0 bridgehead atoms. The maximum absolute atomic E-state index is 12.3. The number of carboxylic acid groups (broad SMARTS) is 1. The van der Waals surface area contributed by atoms with Crippen LogP contribution in [0.1, 0.15) is 49.3 Å². The molecule has 0 saturated carbocycles. The van der Waals surface area contributed by atoms with E-state index in [1.54, 1.807) is 12.1 Å². The molecule has 168 valence electrons. The molecule has 2 heterocycles. The van der Waals surface area contributed by atoms with Crippen molar-refractivity contribution >= 4 is 25.3 Å². The van der Waals surface area contributed by atoms with Gasteiger partial charge in [-0.15, -0.1) is 0 Å². The van der Waals surface area contributed by atoms with Crippen molar-refractivity contribution in [1.82, 2.24) is 10.3 Å². The quantitative estimate of drug-likeness (QED) is 0.635. The fourth-order valence-electron chi connectivity index (χ4n) is 3.03. The Morgan fingerprint density at radius 3 is 2.38 bits per heavy atom. The highest BCUT2D eigenvalue weighted by Crippen LogP contribution is 2.38. The number of carbonyl (C=O) groups excluding carboxylic acids is 1. The number of benzene rings is 1. The Morgan fingerprint density at radius 2 is 1.75 bits per heavy atom. The minimum absolute atomic E-state index is 0.0279. The number of aromatic nitrogens is 1. The summed E-state index contributed by atoms with van der Waals surface area (Å²) in [6.07, 6.45) is 2.46. The van der Waals surface area contributed by atoms with Crippen LogP contribution in [0.5, 0.6) is 0 Å². The van der Waals surface area contributed by atoms with Crippen LogP contribution in [0.2, 0.25) is 0 Å². The van der Waals surface area contributed by atoms with E-state index in [4.69, 9.17) is 14.0 Å². The van der Waals surface area contributed by atoms with Crippen LogP contribution in [0.4, 0.5) is 4.79 Å². The first-order valence-electron chi connectivity index (χ1n) is 10.3. The molecule has 0 atom stereocenters. The first-order valence-corrected chi connectivity index (χ1v) is 10.3. The number of pyridine rings is 1. The van der Waals surface area contributed by atoms with Crippen molar-refractivity contribution < 1.29 is 28.7 Å². The van der Waals surface area contributed by atoms with Gasteiger partial charge in [0.25, 0.3) is 0 Å². The van der Waals surface area contributed by atoms with Crippen LogP contribution in [-0.4, -0.2) is 47.0 Å². The van der Waals surface area contributed by atoms with Gasteiger partial charge >= 0.3 is 19.2 Å². The standard InChI is InChI=1S/C23H27BN2O6/c1-22(2)23(3,4)32-24(31-22)17(13-19-18(20(27)28)11-8-12-25-19)14-26-21(29)30-15-16-9-6-5-7-10-16/h5-13H,14-15H2,1-4H3,(H,26,29)(H,27,28). The van der Waals surface area contributed by atoms with Crippen LogP contribution in [0, 0.1) is 0 Å². The van der Waals surface area contributed by atoms with Gasteiger partial charge in [0.15, 0.2) is 0 Å². The fraction of sp³-hybridized carbons (Fsp3) is 0.348. The maximum atomic E-state index is 12.3. The van der Waals surface area contributed by atoms with E-state index in [1.807, 2.05) is 58.0 Å². The fourth-order valence-corrected chi connectivity index (χ4v) is 3.03. The predicted molar refractivity (Wildman–Crippen MR) is 120 cm³/mol. The molecule has 0 aliphatic carbocycles. The van der Waals surface area contributed by atoms with Gasteiger partial charge in [-0.1, -0.05) is 30.3 Å². The molecule has 9 heteroatoms. The zero-order chi connectivity index (χ0) is 23.4. The Morgan fingerprint density at radius 1 is 1.09 bits per heavy atom. The summed E-state index contributed by atoms with van der Waals surface area (Å²) in [6.45, 7) is 7.81. The van der Waals surface area contributed by atoms with E-state index in [0.29, 0.717) is 5.47 Å². The Labute approximate surface area is 187 Å². The molecular formula is C23H27BN2O6. The second-order valence-electron chi connectivity index (χ2n) is 8.46. The number of aromatic carboxylic acids is 1. The molecule has 1 saturated heterocycles. The van der Waals surface area contributed by atoms with Crippen LogP contribution in [0.3, 0.4) is 0 Å². The lowest BCUT2D eigenvalue weighted by Crippen LogP contribution is -2.41. The lowest BCUT2D eigenvalue weighted by molar-refractivity contribution is 0.00578. The van der Waals surface area contributed by atoms with Crippen LogP contribution in [0.25, 0.3) is 6.08 Å². The maximum Gasteiger partial charge on any atom is 0.492 e. The minimum atomic E-state index is -1.10. The number of carboxylic acids is 1. The number of hydrogen-bond donors (Lipinski definition) is 2. The Kier molecular flexibility index (Phi) is 7.01. The molecule has 0 unspecified atom stereocenters. The number of nitrogens with zero attached hydrogens (tertiary/aromatic N) is 1. The number of rotatable bonds is 7. The lowest BCUT2D eigenvalue weighted by atomic mass is 9.77. The van der Waals surface area contributed by atoms with Gasteiger partial charge < -0.3 is 24.5 Å². The van der Waals surface area contributed by atoms with Gasteiger partial charge in [0.05, 0.1) is 22.5 Å². The Balaban J connectivity index is 1.79. The number of nitrogens with one attached hydrogen (secondary N) is 1. The van der Waals surface area contributed by atoms with Gasteiger partial charge in [-0.2, -0.15) is 0 Å². The van der Waals surface area contributed by atoms with Gasteiger partial charge in [0.2, 0.25) is 0 Å². The molecule has 1 aliphatic heterocycles. The summed E-state index contributed by atoms with van der Waals surface area (Å²) in [6, 6.07) is 12.3. The number of ether oxygens (including phenoxy) is 1. The molecule has 1 amide bonds. The first-order chi connectivity index (χ1) is 15.1. The normalized spacial score (nSPS) is 17.1. The molecule has 0 radical (unpaired) electrons. The Bertz CT molecular complexity index is 991. The van der Waals surface area contributed by atoms with Crippen molar-refractivity contribution in [2.24, 2.45) is 0 Å². The van der Waals surface area contributed by atoms with Crippen molar-refractivity contribution in [1.29, 1.82) is 0 Å². The molecule has 2 N–H and O–H groups in total. The molecule has 0 spiro atoms. The van der Waals surface area contributed by atoms with Crippen LogP contribution in [-0.2, 0) is 20.7 Å². The molecule has 2 aromatic rings. The summed E-state index contributed by atoms with van der Waals surface area (Å²) in [5.74, 6) is -1.10. The predicted octanol–water partition coefficient (Wildman–Crippen LogP) is 3.72. The SMILES string of the molecule is CC1(C)OB(C(=Cc2ncccc2C(=O)O)CNC(=O)OCc2ccccc2)OC1(C)C. The molecule has 8 nitrogen and oxygen atoms in total. The summed E-state index contributed by atoms with van der Waals surface area (Å²) in [5.41, 5.74) is 0.442. The lowest BCUT2D eigenvalue weighted by Gasteiger charge is -2.32. The van der Waals surface area contributed by atoms with Gasteiger partial charge in [0.1, 0.15) is 6.61 Å². The second kappa shape index (κ2) is 9.54.